The SMILES string of the molecule is O=C(O)CCCCCN1C(=O)/C(=C\c2cccc(OCc3ccccc3)c2)SC1=S. The highest BCUT2D eigenvalue weighted by molar-refractivity contribution is 8.26. The zero-order valence-corrected chi connectivity index (χ0v) is 18.1. The fourth-order valence-corrected chi connectivity index (χ4v) is 4.31. The van der Waals surface area contributed by atoms with Crippen LogP contribution in [0, 0.1) is 0 Å². The predicted molar refractivity (Wildman–Crippen MR) is 123 cm³/mol. The van der Waals surface area contributed by atoms with Crippen molar-refractivity contribution in [1.29, 1.82) is 0 Å². The van der Waals surface area contributed by atoms with Crippen molar-refractivity contribution in [3.63, 3.8) is 0 Å². The van der Waals surface area contributed by atoms with E-state index in [4.69, 9.17) is 22.1 Å². The second-order valence-corrected chi connectivity index (χ2v) is 8.56. The third-order valence-corrected chi connectivity index (χ3v) is 5.93. The lowest BCUT2D eigenvalue weighted by molar-refractivity contribution is -0.137. The van der Waals surface area contributed by atoms with Gasteiger partial charge in [-0.2, -0.15) is 0 Å². The minimum Gasteiger partial charge on any atom is -0.489 e. The summed E-state index contributed by atoms with van der Waals surface area (Å²) in [5.74, 6) is -0.154. The maximum Gasteiger partial charge on any atom is 0.303 e. The second-order valence-electron chi connectivity index (χ2n) is 6.88. The van der Waals surface area contributed by atoms with Crippen LogP contribution in [0.5, 0.6) is 5.75 Å². The van der Waals surface area contributed by atoms with E-state index >= 15 is 0 Å². The summed E-state index contributed by atoms with van der Waals surface area (Å²) in [4.78, 5) is 25.5. The van der Waals surface area contributed by atoms with Crippen LogP contribution in [0.1, 0.15) is 36.8 Å². The van der Waals surface area contributed by atoms with E-state index in [1.807, 2.05) is 60.7 Å². The summed E-state index contributed by atoms with van der Waals surface area (Å²) in [6.07, 6.45) is 4.08. The first-order valence-electron chi connectivity index (χ1n) is 9.77. The monoisotopic (exact) mass is 441 g/mol. The van der Waals surface area contributed by atoms with Gasteiger partial charge >= 0.3 is 5.97 Å². The van der Waals surface area contributed by atoms with Gasteiger partial charge in [0.05, 0.1) is 4.91 Å². The molecule has 0 atom stereocenters. The van der Waals surface area contributed by atoms with Crippen molar-refractivity contribution in [3.8, 4) is 5.75 Å². The zero-order chi connectivity index (χ0) is 21.3. The third kappa shape index (κ3) is 6.43. The number of hydrogen-bond donors (Lipinski definition) is 1. The molecule has 0 aromatic heterocycles. The van der Waals surface area contributed by atoms with E-state index in [9.17, 15) is 9.59 Å². The number of amides is 1. The topological polar surface area (TPSA) is 66.8 Å². The Labute approximate surface area is 185 Å². The number of thiocarbonyl (C=S) groups is 1. The first kappa shape index (κ1) is 22.1. The fraction of sp³-hybridized carbons (Fsp3) is 0.261. The Balaban J connectivity index is 1.57. The number of unbranched alkanes of at least 4 members (excludes halogenated alkanes) is 2. The molecule has 7 heteroatoms. The molecular weight excluding hydrogens is 418 g/mol. The van der Waals surface area contributed by atoms with Crippen molar-refractivity contribution in [1.82, 2.24) is 4.90 Å². The van der Waals surface area contributed by atoms with E-state index in [1.54, 1.807) is 4.90 Å². The van der Waals surface area contributed by atoms with Crippen LogP contribution in [0.15, 0.2) is 59.5 Å². The van der Waals surface area contributed by atoms with Crippen LogP contribution in [-0.4, -0.2) is 32.7 Å². The van der Waals surface area contributed by atoms with Gasteiger partial charge in [-0.3, -0.25) is 14.5 Å². The number of rotatable bonds is 10. The molecule has 0 unspecified atom stereocenters. The molecule has 0 saturated carbocycles. The molecule has 1 heterocycles. The highest BCUT2D eigenvalue weighted by Gasteiger charge is 2.31. The molecule has 1 N–H and O–H groups in total. The molecule has 1 aliphatic rings. The number of aliphatic carboxylic acids is 1. The highest BCUT2D eigenvalue weighted by Crippen LogP contribution is 2.33. The molecule has 2 aromatic carbocycles. The molecule has 1 fully saturated rings. The fourth-order valence-electron chi connectivity index (χ4n) is 3.00. The van der Waals surface area contributed by atoms with Crippen LogP contribution in [0.4, 0.5) is 0 Å². The first-order chi connectivity index (χ1) is 14.5. The molecule has 2 aromatic rings. The Morgan fingerprint density at radius 1 is 1.10 bits per heavy atom. The van der Waals surface area contributed by atoms with Crippen molar-refractivity contribution in [3.05, 3.63) is 70.6 Å². The number of carboxylic acids is 1. The summed E-state index contributed by atoms with van der Waals surface area (Å²) >= 11 is 6.66. The standard InChI is InChI=1S/C23H23NO4S2/c25-21(26)12-5-2-6-13-24-22(27)20(30-23(24)29)15-18-10-7-11-19(14-18)28-16-17-8-3-1-4-9-17/h1,3-4,7-11,14-15H,2,5-6,12-13,16H2,(H,25,26)/b20-15+. The molecule has 3 rings (SSSR count). The Hall–Kier alpha value is -2.64. The van der Waals surface area contributed by atoms with E-state index in [0.29, 0.717) is 28.8 Å². The Morgan fingerprint density at radius 3 is 2.67 bits per heavy atom. The number of ether oxygens (including phenoxy) is 1. The zero-order valence-electron chi connectivity index (χ0n) is 16.5. The number of carbonyl (C=O) groups is 2. The van der Waals surface area contributed by atoms with E-state index in [1.165, 1.54) is 11.8 Å². The number of thioether (sulfide) groups is 1. The maximum absolute atomic E-state index is 12.7. The van der Waals surface area contributed by atoms with Gasteiger partial charge < -0.3 is 9.84 Å². The maximum atomic E-state index is 12.7. The number of hydrogen-bond acceptors (Lipinski definition) is 5. The molecule has 1 saturated heterocycles. The van der Waals surface area contributed by atoms with Crippen LogP contribution < -0.4 is 4.74 Å². The predicted octanol–water partition coefficient (Wildman–Crippen LogP) is 5.11. The summed E-state index contributed by atoms with van der Waals surface area (Å²) in [5, 5.41) is 8.69. The van der Waals surface area contributed by atoms with Gasteiger partial charge in [-0.15, -0.1) is 0 Å². The Kier molecular flexibility index (Phi) is 8.04. The van der Waals surface area contributed by atoms with Crippen molar-refractivity contribution in [2.75, 3.05) is 6.54 Å². The molecule has 1 amide bonds. The van der Waals surface area contributed by atoms with E-state index in [0.717, 1.165) is 29.7 Å². The van der Waals surface area contributed by atoms with Crippen molar-refractivity contribution in [2.45, 2.75) is 32.3 Å². The molecular formula is C23H23NO4S2. The summed E-state index contributed by atoms with van der Waals surface area (Å²) in [6, 6.07) is 17.6. The van der Waals surface area contributed by atoms with Gasteiger partial charge in [0.25, 0.3) is 5.91 Å². The average Bonchev–Trinajstić information content (AvgIpc) is 3.00. The van der Waals surface area contributed by atoms with Gasteiger partial charge in [-0.05, 0) is 42.2 Å². The van der Waals surface area contributed by atoms with Gasteiger partial charge in [0.1, 0.15) is 16.7 Å². The Bertz CT molecular complexity index is 943. The van der Waals surface area contributed by atoms with E-state index < -0.39 is 5.97 Å². The molecule has 5 nitrogen and oxygen atoms in total. The lowest BCUT2D eigenvalue weighted by Crippen LogP contribution is -2.29. The van der Waals surface area contributed by atoms with Crippen molar-refractivity contribution < 1.29 is 19.4 Å². The second kappa shape index (κ2) is 10.9. The molecule has 30 heavy (non-hydrogen) atoms. The molecule has 0 spiro atoms. The number of nitrogens with zero attached hydrogens (tertiary/aromatic N) is 1. The van der Waals surface area contributed by atoms with Crippen molar-refractivity contribution in [2.24, 2.45) is 0 Å². The molecule has 1 aliphatic heterocycles. The molecule has 0 bridgehead atoms. The smallest absolute Gasteiger partial charge is 0.303 e. The van der Waals surface area contributed by atoms with Gasteiger partial charge in [-0.25, -0.2) is 0 Å². The third-order valence-electron chi connectivity index (χ3n) is 4.55. The van der Waals surface area contributed by atoms with E-state index in [-0.39, 0.29) is 12.3 Å². The van der Waals surface area contributed by atoms with Crippen LogP contribution in [0.2, 0.25) is 0 Å². The van der Waals surface area contributed by atoms with Crippen LogP contribution >= 0.6 is 24.0 Å². The van der Waals surface area contributed by atoms with Crippen LogP contribution in [0.3, 0.4) is 0 Å². The normalized spacial score (nSPS) is 15.1. The van der Waals surface area contributed by atoms with Crippen LogP contribution in [0.25, 0.3) is 6.08 Å². The van der Waals surface area contributed by atoms with Crippen LogP contribution in [-0.2, 0) is 16.2 Å². The van der Waals surface area contributed by atoms with Crippen molar-refractivity contribution >= 4 is 46.3 Å². The van der Waals surface area contributed by atoms with E-state index in [2.05, 4.69) is 0 Å². The minimum absolute atomic E-state index is 0.0983. The molecule has 156 valence electrons. The van der Waals surface area contributed by atoms with Gasteiger partial charge in [-0.1, -0.05) is 72.9 Å². The molecule has 0 radical (unpaired) electrons. The van der Waals surface area contributed by atoms with Gasteiger partial charge in [0.15, 0.2) is 0 Å². The quantitative estimate of drug-likeness (QED) is 0.314. The summed E-state index contributed by atoms with van der Waals surface area (Å²) < 4.78 is 6.40. The number of benzene rings is 2. The highest BCUT2D eigenvalue weighted by atomic mass is 32.2. The average molecular weight is 442 g/mol. The minimum atomic E-state index is -0.793. The molecule has 0 aliphatic carbocycles. The van der Waals surface area contributed by atoms with Gasteiger partial charge in [0.2, 0.25) is 0 Å². The Morgan fingerprint density at radius 2 is 1.90 bits per heavy atom. The van der Waals surface area contributed by atoms with Gasteiger partial charge in [0, 0.05) is 13.0 Å². The number of carboxylic acid groups (broad SMARTS) is 1. The lowest BCUT2D eigenvalue weighted by Gasteiger charge is -2.13. The summed E-state index contributed by atoms with van der Waals surface area (Å²) in [7, 11) is 0. The lowest BCUT2D eigenvalue weighted by atomic mass is 10.2. The summed E-state index contributed by atoms with van der Waals surface area (Å²) in [5.41, 5.74) is 1.97. The number of carbonyl (C=O) groups excluding carboxylic acids is 1. The summed E-state index contributed by atoms with van der Waals surface area (Å²) in [6.45, 7) is 0.996. The first-order valence-corrected chi connectivity index (χ1v) is 11.0. The largest absolute Gasteiger partial charge is 0.489 e.